The van der Waals surface area contributed by atoms with Gasteiger partial charge in [0.2, 0.25) is 88.6 Å². The number of rotatable bonds is 57. The molecule has 7 aromatic rings. The summed E-state index contributed by atoms with van der Waals surface area (Å²) in [6, 6.07) is 7.40. The van der Waals surface area contributed by atoms with Crippen molar-refractivity contribution in [2.24, 2.45) is 23.3 Å². The molecule has 0 aliphatic heterocycles. The molecule has 31 N–H and O–H groups in total. The van der Waals surface area contributed by atoms with Crippen molar-refractivity contribution in [2.45, 2.75) is 190 Å². The van der Waals surface area contributed by atoms with Crippen LogP contribution >= 0.6 is 11.8 Å². The third kappa shape index (κ3) is 35.9. The highest BCUT2D eigenvalue weighted by molar-refractivity contribution is 7.98. The Morgan fingerprint density at radius 2 is 0.763 bits per heavy atom. The molecule has 46 nitrogen and oxygen atoms in total. The Morgan fingerprint density at radius 1 is 0.403 bits per heavy atom. The number of H-pyrrole nitrogens is 2. The molecule has 0 aliphatic carbocycles. The first-order valence-corrected chi connectivity index (χ1v) is 46.0. The van der Waals surface area contributed by atoms with Crippen LogP contribution in [-0.2, 0) is 114 Å². The number of carboxylic acid groups (broad SMARTS) is 2. The molecule has 2 aromatic heterocycles. The van der Waals surface area contributed by atoms with Crippen molar-refractivity contribution in [2.75, 3.05) is 51.5 Å². The van der Waals surface area contributed by atoms with Crippen LogP contribution in [-0.4, -0.2) is 293 Å². The van der Waals surface area contributed by atoms with Gasteiger partial charge >= 0.3 is 11.9 Å². The summed E-state index contributed by atoms with van der Waals surface area (Å²) in [5.74, 6) is -20.0. The van der Waals surface area contributed by atoms with Crippen LogP contribution in [0.3, 0.4) is 0 Å². The largest absolute Gasteiger partial charge is 0.508 e. The Labute approximate surface area is 802 Å². The lowest BCUT2D eigenvalue weighted by atomic mass is 9.96. The zero-order valence-corrected chi connectivity index (χ0v) is 78.1. The van der Waals surface area contributed by atoms with Crippen molar-refractivity contribution in [3.63, 3.8) is 0 Å². The first-order chi connectivity index (χ1) is 66.1. The number of para-hydroxylation sites is 2. The van der Waals surface area contributed by atoms with E-state index in [1.165, 1.54) is 84.8 Å². The number of nitrogens with two attached hydrogens (primary N) is 2. The van der Waals surface area contributed by atoms with E-state index in [0.717, 1.165) is 6.92 Å². The maximum Gasteiger partial charge on any atom is 0.326 e. The molecule has 5 aromatic carbocycles. The van der Waals surface area contributed by atoms with Gasteiger partial charge in [0.25, 0.3) is 0 Å². The number of thioether (sulfide) groups is 1. The van der Waals surface area contributed by atoms with Crippen molar-refractivity contribution < 1.29 is 122 Å². The van der Waals surface area contributed by atoms with E-state index in [4.69, 9.17) is 16.9 Å². The number of nitrogens with one attached hydrogen (secondary N) is 19. The fraction of sp³-hybridized carbons (Fsp3) is 0.435. The third-order valence-corrected chi connectivity index (χ3v) is 22.9. The van der Waals surface area contributed by atoms with E-state index in [2.05, 4.69) is 95.0 Å². The number of hydrogen-bond acceptors (Lipinski definition) is 26. The highest BCUT2D eigenvalue weighted by atomic mass is 32.2. The van der Waals surface area contributed by atoms with Gasteiger partial charge in [-0.2, -0.15) is 11.8 Å². The van der Waals surface area contributed by atoms with Crippen LogP contribution in [0.4, 0.5) is 0 Å². The van der Waals surface area contributed by atoms with Crippen LogP contribution < -0.4 is 96.5 Å². The van der Waals surface area contributed by atoms with Crippen molar-refractivity contribution >= 4 is 140 Å². The first-order valence-electron chi connectivity index (χ1n) is 44.6. The van der Waals surface area contributed by atoms with Gasteiger partial charge in [-0.05, 0) is 133 Å². The number of aromatic amines is 2. The van der Waals surface area contributed by atoms with Crippen LogP contribution in [0.25, 0.3) is 21.8 Å². The minimum absolute atomic E-state index is 0.0195. The quantitative estimate of drug-likeness (QED) is 0.00976. The van der Waals surface area contributed by atoms with E-state index in [1.54, 1.807) is 80.8 Å². The molecule has 0 fully saturated rings. The zero-order chi connectivity index (χ0) is 102. The molecule has 139 heavy (non-hydrogen) atoms. The normalized spacial score (nSPS) is 14.4. The Hall–Kier alpha value is -15.0. The van der Waals surface area contributed by atoms with Gasteiger partial charge in [-0.15, -0.1) is 0 Å². The number of aliphatic hydroxyl groups excluding tert-OH is 3. The molecule has 0 aliphatic rings. The van der Waals surface area contributed by atoms with Crippen molar-refractivity contribution in [3.05, 3.63) is 162 Å². The Morgan fingerprint density at radius 3 is 1.21 bits per heavy atom. The Balaban J connectivity index is 1.01. The summed E-state index contributed by atoms with van der Waals surface area (Å²) in [5.41, 5.74) is 14.9. The summed E-state index contributed by atoms with van der Waals surface area (Å²) < 4.78 is 0. The van der Waals surface area contributed by atoms with Crippen LogP contribution in [0.2, 0.25) is 0 Å². The second-order valence-electron chi connectivity index (χ2n) is 33.6. The van der Waals surface area contributed by atoms with E-state index in [-0.39, 0.29) is 92.4 Å². The third-order valence-electron chi connectivity index (χ3n) is 22.3. The number of aromatic nitrogens is 2. The number of fused-ring (bicyclic) bond motifs is 2. The molecule has 0 radical (unpaired) electrons. The summed E-state index contributed by atoms with van der Waals surface area (Å²) in [7, 11) is 0. The lowest BCUT2D eigenvalue weighted by Crippen LogP contribution is -2.61. The second kappa shape index (κ2) is 55.3. The number of aliphatic carboxylic acids is 2. The predicted octanol–water partition coefficient (Wildman–Crippen LogP) is -4.19. The number of benzene rings is 5. The molecule has 15 atom stereocenters. The van der Waals surface area contributed by atoms with Gasteiger partial charge in [0, 0.05) is 72.8 Å². The molecule has 0 saturated heterocycles. The van der Waals surface area contributed by atoms with Crippen LogP contribution in [0.15, 0.2) is 134 Å². The predicted molar refractivity (Wildman–Crippen MR) is 506 cm³/mol. The number of hydrogen-bond donors (Lipinski definition) is 29. The summed E-state index contributed by atoms with van der Waals surface area (Å²) in [6.07, 6.45) is 2.57. The van der Waals surface area contributed by atoms with Gasteiger partial charge in [-0.3, -0.25) is 82.1 Å². The summed E-state index contributed by atoms with van der Waals surface area (Å²) in [4.78, 5) is 242. The molecule has 0 bridgehead atoms. The number of amides is 15. The minimum Gasteiger partial charge on any atom is -0.508 e. The topological polar surface area (TPSA) is 752 Å². The molecule has 7 rings (SSSR count). The monoisotopic (exact) mass is 1950 g/mol. The van der Waals surface area contributed by atoms with E-state index < -0.39 is 243 Å². The lowest BCUT2D eigenvalue weighted by Gasteiger charge is -2.29. The molecule has 0 unspecified atom stereocenters. The molecular formula is C92H123N21O25S. The Kier molecular flexibility index (Phi) is 44.2. The number of phenols is 3. The average Bonchev–Trinajstić information content (AvgIpc) is 1.67. The smallest absolute Gasteiger partial charge is 0.326 e. The van der Waals surface area contributed by atoms with E-state index in [9.17, 15) is 122 Å². The zero-order valence-electron chi connectivity index (χ0n) is 77.2. The molecule has 15 amide bonds. The van der Waals surface area contributed by atoms with Crippen LogP contribution in [0, 0.1) is 17.2 Å². The molecule has 752 valence electrons. The number of guanidine groups is 1. The molecule has 0 spiro atoms. The number of carboxylic acids is 2. The van der Waals surface area contributed by atoms with Gasteiger partial charge in [0.05, 0.1) is 45.4 Å². The van der Waals surface area contributed by atoms with Gasteiger partial charge in [0.1, 0.15) is 95.8 Å². The van der Waals surface area contributed by atoms with Crippen LogP contribution in [0.5, 0.6) is 17.2 Å². The fourth-order valence-electron chi connectivity index (χ4n) is 14.4. The van der Waals surface area contributed by atoms with E-state index >= 15 is 0 Å². The maximum absolute atomic E-state index is 14.6. The first kappa shape index (κ1) is 111. The lowest BCUT2D eigenvalue weighted by molar-refractivity contribution is -0.143. The van der Waals surface area contributed by atoms with E-state index in [0.29, 0.717) is 50.5 Å². The van der Waals surface area contributed by atoms with Gasteiger partial charge < -0.3 is 147 Å². The SMILES string of the molecule is CC[C@H](C)[C@H](NC(=O)[C@H](Cc1ccc(O)cc1)NC(=O)[C@@H](N)CC(C)C)C(=O)N[C@@H](CCCNC(=N)N)C(=O)NCC(=O)N[C@@H](CCSC)C(=O)N[C@@H](CO)C(=O)N[C@@H](Cc1c[nH]c2ccccc12)C(=O)N[C@@H](CO)C(=O)NCC(=O)N[C@@H](Cc1c[nH]c2ccccc12)C(=O)N[C@@H](CO)C(=O)N[C@@H](C)C(=O)N[C@@H](Cc1ccc(O)cc1)C(=O)N[C@@H](CC(=O)O)C(=O)N[C@@H](Cc1ccc(O)cc1)C(=O)O. The summed E-state index contributed by atoms with van der Waals surface area (Å²) in [6.45, 7) is 3.11. The van der Waals surface area contributed by atoms with Crippen LogP contribution in [0.1, 0.15) is 101 Å². The van der Waals surface area contributed by atoms with Crippen molar-refractivity contribution in [3.8, 4) is 17.2 Å². The molecule has 47 heteroatoms. The number of carbonyl (C=O) groups excluding carboxylic acids is 15. The standard InChI is InChI=1S/C92H123N21O25S/c1-7-48(4)77(113-87(133)66(35-51-20-26-56(118)27-21-51)106-79(125)60(93)33-47(2)3)90(136)104-63(17-12-31-96-92(94)95)80(126)99-42-74(120)102-64(30-32-139-6)82(128)111-73(46-116)89(135)107-68(38-54-41-98-62-16-11-9-14-59(54)62)85(131)110-71(44-114)81(127)100-43-75(121)103-67(37-53-40-97-61-15-10-8-13-58(53)61)84(130)112-72(45-115)88(134)101-49(5)78(124)105-65(34-50-18-24-55(117)25-19-50)83(129)108-69(39-76(122)123)86(132)109-70(91(137)138)36-52-22-28-57(119)29-23-52/h8-11,13-16,18-29,40-41,47-49,60,63-73,77,97-98,114-119H,7,12,17,30-39,42-46,93H2,1-6H3,(H,99,126)(H,100,127)(H,101,134)(H,102,120)(H,103,121)(H,104,136)(H,105,124)(H,106,125)(H,107,135)(H,108,129)(H,109,132)(H,110,131)(H,111,128)(H,112,130)(H,113,133)(H,122,123)(H,137,138)(H4,94,95,96)/t48-,49-,60-,63-,64-,65-,66-,67-,68-,69-,70-,71-,72-,73-,77-/m0/s1. The number of aliphatic hydroxyl groups is 3. The molecule has 2 heterocycles. The van der Waals surface area contributed by atoms with Gasteiger partial charge in [-0.1, -0.05) is 107 Å². The minimum atomic E-state index is -1.96. The second-order valence-corrected chi connectivity index (χ2v) is 34.5. The number of phenolic OH excluding ortho intramolecular Hbond substituents is 3. The fourth-order valence-corrected chi connectivity index (χ4v) is 14.9. The highest BCUT2D eigenvalue weighted by Crippen LogP contribution is 2.24. The summed E-state index contributed by atoms with van der Waals surface area (Å²) >= 11 is 1.26. The Bertz CT molecular complexity index is 5430. The van der Waals surface area contributed by atoms with E-state index in [1.807, 2.05) is 13.8 Å². The summed E-state index contributed by atoms with van der Waals surface area (Å²) in [5, 5.41) is 129. The number of aromatic hydroxyl groups is 3. The molecular weight excluding hydrogens is 1830 g/mol. The van der Waals surface area contributed by atoms with Gasteiger partial charge in [0.15, 0.2) is 5.96 Å². The number of carbonyl (C=O) groups is 17. The molecule has 0 saturated carbocycles. The van der Waals surface area contributed by atoms with Crippen molar-refractivity contribution in [1.29, 1.82) is 5.41 Å². The maximum atomic E-state index is 14.6. The van der Waals surface area contributed by atoms with Crippen molar-refractivity contribution in [1.82, 2.24) is 95.0 Å². The van der Waals surface area contributed by atoms with Gasteiger partial charge in [-0.25, -0.2) is 4.79 Å². The highest BCUT2D eigenvalue weighted by Gasteiger charge is 2.39. The average molecular weight is 1960 g/mol.